The van der Waals surface area contributed by atoms with Gasteiger partial charge in [0.25, 0.3) is 6.43 Å². The molecule has 2 nitrogen and oxygen atoms in total. The van der Waals surface area contributed by atoms with Gasteiger partial charge in [0.2, 0.25) is 0 Å². The van der Waals surface area contributed by atoms with E-state index in [2.05, 4.69) is 25.9 Å². The molecule has 0 fully saturated rings. The van der Waals surface area contributed by atoms with Gasteiger partial charge in [-0.1, -0.05) is 28.1 Å². The lowest BCUT2D eigenvalue weighted by Crippen LogP contribution is -2.04. The molecule has 1 aromatic heterocycles. The number of nitrogens with zero attached hydrogens (tertiary/aromatic N) is 2. The van der Waals surface area contributed by atoms with Gasteiger partial charge in [0.15, 0.2) is 0 Å². The van der Waals surface area contributed by atoms with Gasteiger partial charge in [-0.15, -0.1) is 0 Å². The number of hydrogen-bond acceptors (Lipinski definition) is 2. The highest BCUT2D eigenvalue weighted by Gasteiger charge is 2.16. The summed E-state index contributed by atoms with van der Waals surface area (Å²) in [5, 5.41) is 0.271. The fraction of sp³-hybridized carbons (Fsp3) is 0.231. The van der Waals surface area contributed by atoms with Gasteiger partial charge >= 0.3 is 0 Å². The first-order valence-electron chi connectivity index (χ1n) is 5.53. The summed E-state index contributed by atoms with van der Waals surface area (Å²) in [5.74, 6) is -0.116. The third kappa shape index (κ3) is 3.53. The zero-order valence-electron chi connectivity index (χ0n) is 9.78. The minimum Gasteiger partial charge on any atom is -0.241 e. The molecule has 1 aromatic carbocycles. The van der Waals surface area contributed by atoms with Crippen LogP contribution in [0.1, 0.15) is 29.1 Å². The van der Waals surface area contributed by atoms with Crippen LogP contribution >= 0.6 is 15.9 Å². The average Bonchev–Trinajstić information content (AvgIpc) is 2.38. The molecule has 0 atom stereocenters. The number of aromatic nitrogens is 2. The normalized spacial score (nSPS) is 11.0. The zero-order chi connectivity index (χ0) is 13.8. The fourth-order valence-electron chi connectivity index (χ4n) is 1.66. The number of benzene rings is 1. The van der Waals surface area contributed by atoms with Crippen LogP contribution in [0.2, 0.25) is 0 Å². The molecule has 2 aromatic rings. The standard InChI is InChI=1S/C13H10BrF3N2/c14-6-9-7-18-11(19-12(9)13(16)17)5-8-2-1-3-10(15)4-8/h1-4,7,13H,5-6H2. The summed E-state index contributed by atoms with van der Waals surface area (Å²) in [6.07, 6.45) is -1.06. The highest BCUT2D eigenvalue weighted by Crippen LogP contribution is 2.22. The Labute approximate surface area is 116 Å². The molecular weight excluding hydrogens is 321 g/mol. The Hall–Kier alpha value is -1.43. The summed E-state index contributed by atoms with van der Waals surface area (Å²) in [4.78, 5) is 7.88. The predicted molar refractivity (Wildman–Crippen MR) is 68.8 cm³/mol. The van der Waals surface area contributed by atoms with Gasteiger partial charge in [0.05, 0.1) is 0 Å². The summed E-state index contributed by atoms with van der Waals surface area (Å²) < 4.78 is 38.7. The highest BCUT2D eigenvalue weighted by molar-refractivity contribution is 9.08. The van der Waals surface area contributed by atoms with E-state index in [1.54, 1.807) is 12.1 Å². The summed E-state index contributed by atoms with van der Waals surface area (Å²) in [6.45, 7) is 0. The second kappa shape index (κ2) is 6.14. The molecule has 0 spiro atoms. The topological polar surface area (TPSA) is 25.8 Å². The molecule has 6 heteroatoms. The molecule has 0 saturated carbocycles. The van der Waals surface area contributed by atoms with Crippen LogP contribution < -0.4 is 0 Å². The van der Waals surface area contributed by atoms with Gasteiger partial charge in [-0.05, 0) is 17.7 Å². The average molecular weight is 331 g/mol. The minimum absolute atomic E-state index is 0.222. The Morgan fingerprint density at radius 2 is 2.05 bits per heavy atom. The molecule has 100 valence electrons. The van der Waals surface area contributed by atoms with Crippen molar-refractivity contribution < 1.29 is 13.2 Å². The lowest BCUT2D eigenvalue weighted by atomic mass is 10.1. The molecular formula is C13H10BrF3N2. The Morgan fingerprint density at radius 1 is 1.26 bits per heavy atom. The van der Waals surface area contributed by atoms with E-state index in [4.69, 9.17) is 0 Å². The molecule has 1 heterocycles. The Kier molecular flexibility index (Phi) is 4.52. The summed E-state index contributed by atoms with van der Waals surface area (Å²) in [6, 6.07) is 5.92. The van der Waals surface area contributed by atoms with E-state index in [0.717, 1.165) is 0 Å². The summed E-state index contributed by atoms with van der Waals surface area (Å²) >= 11 is 3.11. The lowest BCUT2D eigenvalue weighted by molar-refractivity contribution is 0.144. The van der Waals surface area contributed by atoms with Gasteiger partial charge in [-0.2, -0.15) is 0 Å². The van der Waals surface area contributed by atoms with Crippen molar-refractivity contribution in [3.05, 3.63) is 58.9 Å². The van der Waals surface area contributed by atoms with Crippen molar-refractivity contribution in [3.63, 3.8) is 0 Å². The second-order valence-corrected chi connectivity index (χ2v) is 4.50. The molecule has 2 rings (SSSR count). The van der Waals surface area contributed by atoms with Crippen molar-refractivity contribution in [1.29, 1.82) is 0 Å². The monoisotopic (exact) mass is 330 g/mol. The van der Waals surface area contributed by atoms with E-state index in [0.29, 0.717) is 11.1 Å². The van der Waals surface area contributed by atoms with Gasteiger partial charge in [0, 0.05) is 23.5 Å². The summed E-state index contributed by atoms with van der Waals surface area (Å²) in [7, 11) is 0. The SMILES string of the molecule is Fc1cccc(Cc2ncc(CBr)c(C(F)F)n2)c1. The van der Waals surface area contributed by atoms with Crippen LogP contribution in [-0.4, -0.2) is 9.97 Å². The molecule has 0 aliphatic heterocycles. The zero-order valence-corrected chi connectivity index (χ0v) is 11.4. The predicted octanol–water partition coefficient (Wildman–Crippen LogP) is 4.04. The quantitative estimate of drug-likeness (QED) is 0.791. The van der Waals surface area contributed by atoms with E-state index >= 15 is 0 Å². The third-order valence-electron chi connectivity index (χ3n) is 2.55. The maximum absolute atomic E-state index is 13.0. The molecule has 0 bridgehead atoms. The van der Waals surface area contributed by atoms with Gasteiger partial charge < -0.3 is 0 Å². The third-order valence-corrected chi connectivity index (χ3v) is 3.15. The molecule has 0 radical (unpaired) electrons. The Bertz CT molecular complexity index is 576. The van der Waals surface area contributed by atoms with Crippen LogP contribution in [0.4, 0.5) is 13.2 Å². The van der Waals surface area contributed by atoms with Gasteiger partial charge in [-0.25, -0.2) is 23.1 Å². The molecule has 0 saturated heterocycles. The molecule has 19 heavy (non-hydrogen) atoms. The Morgan fingerprint density at radius 3 is 2.68 bits per heavy atom. The van der Waals surface area contributed by atoms with Gasteiger partial charge in [0.1, 0.15) is 17.3 Å². The Balaban J connectivity index is 2.28. The number of rotatable bonds is 4. The maximum Gasteiger partial charge on any atom is 0.280 e. The van der Waals surface area contributed by atoms with E-state index in [-0.39, 0.29) is 29.1 Å². The second-order valence-electron chi connectivity index (χ2n) is 3.94. The van der Waals surface area contributed by atoms with Crippen LogP contribution in [0.25, 0.3) is 0 Å². The first-order chi connectivity index (χ1) is 9.10. The van der Waals surface area contributed by atoms with Crippen molar-refractivity contribution in [3.8, 4) is 0 Å². The van der Waals surface area contributed by atoms with Crippen LogP contribution in [0.5, 0.6) is 0 Å². The largest absolute Gasteiger partial charge is 0.280 e. The first-order valence-corrected chi connectivity index (χ1v) is 6.65. The fourth-order valence-corrected chi connectivity index (χ4v) is 2.10. The molecule has 0 unspecified atom stereocenters. The number of hydrogen-bond donors (Lipinski definition) is 0. The first kappa shape index (κ1) is 14.0. The van der Waals surface area contributed by atoms with Gasteiger partial charge in [-0.3, -0.25) is 0 Å². The van der Waals surface area contributed by atoms with E-state index in [1.807, 2.05) is 0 Å². The van der Waals surface area contributed by atoms with Crippen molar-refractivity contribution in [1.82, 2.24) is 9.97 Å². The van der Waals surface area contributed by atoms with Crippen molar-refractivity contribution >= 4 is 15.9 Å². The van der Waals surface area contributed by atoms with Crippen LogP contribution in [0.3, 0.4) is 0 Å². The van der Waals surface area contributed by atoms with Crippen molar-refractivity contribution in [2.45, 2.75) is 18.2 Å². The number of alkyl halides is 3. The maximum atomic E-state index is 13.0. The van der Waals surface area contributed by atoms with Crippen LogP contribution in [-0.2, 0) is 11.8 Å². The highest BCUT2D eigenvalue weighted by atomic mass is 79.9. The molecule has 0 aliphatic rings. The lowest BCUT2D eigenvalue weighted by Gasteiger charge is -2.07. The smallest absolute Gasteiger partial charge is 0.241 e. The minimum atomic E-state index is -2.65. The van der Waals surface area contributed by atoms with Crippen molar-refractivity contribution in [2.24, 2.45) is 0 Å². The molecule has 0 aliphatic carbocycles. The molecule has 0 amide bonds. The summed E-state index contributed by atoms with van der Waals surface area (Å²) in [5.41, 5.74) is 0.725. The van der Waals surface area contributed by atoms with E-state index < -0.39 is 6.43 Å². The van der Waals surface area contributed by atoms with E-state index in [1.165, 1.54) is 18.3 Å². The van der Waals surface area contributed by atoms with Crippen molar-refractivity contribution in [2.75, 3.05) is 0 Å². The van der Waals surface area contributed by atoms with Crippen LogP contribution in [0, 0.1) is 5.82 Å². The number of halogens is 4. The van der Waals surface area contributed by atoms with E-state index in [9.17, 15) is 13.2 Å². The molecule has 0 N–H and O–H groups in total. The van der Waals surface area contributed by atoms with Crippen LogP contribution in [0.15, 0.2) is 30.5 Å².